The number of nitrogens with zero attached hydrogens (tertiary/aromatic N) is 2. The molecular formula is C18H23N3O2. The second kappa shape index (κ2) is 5.89. The summed E-state index contributed by atoms with van der Waals surface area (Å²) in [4.78, 5) is 0. The van der Waals surface area contributed by atoms with Crippen LogP contribution in [0.2, 0.25) is 0 Å². The highest BCUT2D eigenvalue weighted by Crippen LogP contribution is 2.43. The molecule has 0 spiro atoms. The molecule has 5 heteroatoms. The number of nitrogens with one attached hydrogen (secondary N) is 1. The van der Waals surface area contributed by atoms with Crippen LogP contribution in [0.5, 0.6) is 0 Å². The van der Waals surface area contributed by atoms with Gasteiger partial charge in [0, 0.05) is 18.2 Å². The summed E-state index contributed by atoms with van der Waals surface area (Å²) in [6, 6.07) is 3.99. The van der Waals surface area contributed by atoms with E-state index < -0.39 is 0 Å². The quantitative estimate of drug-likeness (QED) is 0.805. The molecule has 23 heavy (non-hydrogen) atoms. The number of hydrogen-bond acceptors (Lipinski definition) is 4. The molecule has 122 valence electrons. The maximum atomic E-state index is 9.29. The minimum atomic E-state index is 0.0804. The van der Waals surface area contributed by atoms with Crippen molar-refractivity contribution in [2.24, 2.45) is 17.8 Å². The molecular weight excluding hydrogens is 290 g/mol. The van der Waals surface area contributed by atoms with Crippen LogP contribution in [0, 0.1) is 24.7 Å². The number of furan rings is 1. The minimum absolute atomic E-state index is 0.0804. The third-order valence-corrected chi connectivity index (χ3v) is 5.19. The Morgan fingerprint density at radius 2 is 2.30 bits per heavy atom. The zero-order chi connectivity index (χ0) is 15.8. The molecule has 3 unspecified atom stereocenters. The lowest BCUT2D eigenvalue weighted by Gasteiger charge is -2.19. The van der Waals surface area contributed by atoms with Gasteiger partial charge >= 0.3 is 0 Å². The van der Waals surface area contributed by atoms with Gasteiger partial charge in [0.1, 0.15) is 11.6 Å². The van der Waals surface area contributed by atoms with Crippen LogP contribution in [0.1, 0.15) is 18.6 Å². The highest BCUT2D eigenvalue weighted by molar-refractivity contribution is 5.64. The molecule has 2 heterocycles. The van der Waals surface area contributed by atoms with Crippen LogP contribution in [-0.4, -0.2) is 28.0 Å². The van der Waals surface area contributed by atoms with E-state index in [0.29, 0.717) is 12.5 Å². The first-order valence-corrected chi connectivity index (χ1v) is 8.40. The molecule has 0 radical (unpaired) electrons. The highest BCUT2D eigenvalue weighted by atomic mass is 16.3. The maximum absolute atomic E-state index is 9.29. The molecule has 1 saturated carbocycles. The number of fused-ring (bicyclic) bond motifs is 2. The highest BCUT2D eigenvalue weighted by Gasteiger charge is 2.35. The number of rotatable bonds is 6. The Morgan fingerprint density at radius 1 is 1.39 bits per heavy atom. The Morgan fingerprint density at radius 3 is 2.96 bits per heavy atom. The molecule has 0 amide bonds. The number of aliphatic hydroxyl groups excluding tert-OH is 1. The fraction of sp³-hybridized carbons (Fsp3) is 0.500. The Kier molecular flexibility index (Phi) is 3.73. The smallest absolute Gasteiger partial charge is 0.125 e. The van der Waals surface area contributed by atoms with Gasteiger partial charge in [-0.2, -0.15) is 5.10 Å². The van der Waals surface area contributed by atoms with Crippen LogP contribution in [0.4, 0.5) is 5.82 Å². The van der Waals surface area contributed by atoms with E-state index in [-0.39, 0.29) is 6.61 Å². The van der Waals surface area contributed by atoms with Gasteiger partial charge in [0.15, 0.2) is 0 Å². The van der Waals surface area contributed by atoms with E-state index >= 15 is 0 Å². The lowest BCUT2D eigenvalue weighted by molar-refractivity contribution is 0.270. The van der Waals surface area contributed by atoms with E-state index in [1.165, 1.54) is 12.8 Å². The minimum Gasteiger partial charge on any atom is -0.469 e. The van der Waals surface area contributed by atoms with Gasteiger partial charge in [-0.05, 0) is 43.6 Å². The van der Waals surface area contributed by atoms with Gasteiger partial charge < -0.3 is 14.8 Å². The Labute approximate surface area is 136 Å². The normalized spacial score (nSPS) is 25.4. The maximum Gasteiger partial charge on any atom is 0.125 e. The standard InChI is InChI=1S/C18H23N3O2/c1-12-16(4-7-23-12)17-10-18(21(20-17)5-6-22)19-11-15-9-13-2-3-14(15)8-13/h2-4,7,10,13-15,19,22H,5-6,8-9,11H2,1H3. The van der Waals surface area contributed by atoms with Crippen molar-refractivity contribution in [3.63, 3.8) is 0 Å². The third kappa shape index (κ3) is 2.70. The van der Waals surface area contributed by atoms with E-state index in [1.54, 1.807) is 6.26 Å². The van der Waals surface area contributed by atoms with Crippen molar-refractivity contribution in [2.45, 2.75) is 26.3 Å². The van der Waals surface area contributed by atoms with Gasteiger partial charge in [-0.25, -0.2) is 4.68 Å². The van der Waals surface area contributed by atoms with Gasteiger partial charge in [-0.3, -0.25) is 0 Å². The Hall–Kier alpha value is -2.01. The van der Waals surface area contributed by atoms with Crippen LogP contribution < -0.4 is 5.32 Å². The summed E-state index contributed by atoms with van der Waals surface area (Å²) >= 11 is 0. The second-order valence-electron chi connectivity index (χ2n) is 6.67. The molecule has 2 bridgehead atoms. The molecule has 4 rings (SSSR count). The summed E-state index contributed by atoms with van der Waals surface area (Å²) in [7, 11) is 0. The van der Waals surface area contributed by atoms with Crippen molar-refractivity contribution in [3.05, 3.63) is 36.3 Å². The summed E-state index contributed by atoms with van der Waals surface area (Å²) in [5.74, 6) is 4.07. The van der Waals surface area contributed by atoms with E-state index in [0.717, 1.165) is 41.2 Å². The van der Waals surface area contributed by atoms with Crippen molar-refractivity contribution < 1.29 is 9.52 Å². The zero-order valence-corrected chi connectivity index (χ0v) is 13.4. The molecule has 1 fully saturated rings. The molecule has 2 N–H and O–H groups in total. The van der Waals surface area contributed by atoms with Crippen LogP contribution in [0.15, 0.2) is 35.0 Å². The SMILES string of the molecule is Cc1occc1-c1cc(NCC2CC3C=CC2C3)n(CCO)n1. The first-order valence-electron chi connectivity index (χ1n) is 8.40. The predicted molar refractivity (Wildman–Crippen MR) is 89.1 cm³/mol. The lowest BCUT2D eigenvalue weighted by atomic mass is 9.94. The average Bonchev–Trinajstić information content (AvgIpc) is 3.29. The van der Waals surface area contributed by atoms with E-state index in [1.807, 2.05) is 17.7 Å². The summed E-state index contributed by atoms with van der Waals surface area (Å²) in [6.45, 7) is 3.48. The molecule has 0 aliphatic heterocycles. The van der Waals surface area contributed by atoms with Gasteiger partial charge in [-0.1, -0.05) is 12.2 Å². The van der Waals surface area contributed by atoms with Gasteiger partial charge in [-0.15, -0.1) is 0 Å². The molecule has 2 aromatic rings. The summed E-state index contributed by atoms with van der Waals surface area (Å²) in [5.41, 5.74) is 1.90. The summed E-state index contributed by atoms with van der Waals surface area (Å²) < 4.78 is 7.23. The number of anilines is 1. The third-order valence-electron chi connectivity index (χ3n) is 5.19. The van der Waals surface area contributed by atoms with Crippen LogP contribution in [0.3, 0.4) is 0 Å². The van der Waals surface area contributed by atoms with Crippen LogP contribution in [-0.2, 0) is 6.54 Å². The van der Waals surface area contributed by atoms with Crippen LogP contribution in [0.25, 0.3) is 11.3 Å². The number of allylic oxidation sites excluding steroid dienone is 2. The van der Waals surface area contributed by atoms with E-state index in [2.05, 4.69) is 28.6 Å². The molecule has 0 saturated heterocycles. The first-order chi connectivity index (χ1) is 11.2. The Bertz CT molecular complexity index is 716. The number of aliphatic hydroxyl groups is 1. The van der Waals surface area contributed by atoms with Crippen molar-refractivity contribution in [2.75, 3.05) is 18.5 Å². The largest absolute Gasteiger partial charge is 0.469 e. The fourth-order valence-electron chi connectivity index (χ4n) is 3.97. The van der Waals surface area contributed by atoms with Crippen molar-refractivity contribution in [3.8, 4) is 11.3 Å². The van der Waals surface area contributed by atoms with Gasteiger partial charge in [0.25, 0.3) is 0 Å². The average molecular weight is 313 g/mol. The number of aryl methyl sites for hydroxylation is 1. The van der Waals surface area contributed by atoms with E-state index in [9.17, 15) is 5.11 Å². The molecule has 3 atom stereocenters. The number of hydrogen-bond donors (Lipinski definition) is 2. The van der Waals surface area contributed by atoms with Crippen molar-refractivity contribution in [1.29, 1.82) is 0 Å². The fourth-order valence-corrected chi connectivity index (χ4v) is 3.97. The summed E-state index contributed by atoms with van der Waals surface area (Å²) in [6.07, 6.45) is 9.05. The molecule has 0 aromatic carbocycles. The Balaban J connectivity index is 1.51. The molecule has 2 aliphatic rings. The van der Waals surface area contributed by atoms with Gasteiger partial charge in [0.05, 0.1) is 25.1 Å². The molecule has 2 aromatic heterocycles. The molecule has 2 aliphatic carbocycles. The summed E-state index contributed by atoms with van der Waals surface area (Å²) in [5, 5.41) is 17.5. The molecule has 5 nitrogen and oxygen atoms in total. The topological polar surface area (TPSA) is 63.2 Å². The van der Waals surface area contributed by atoms with Crippen molar-refractivity contribution >= 4 is 5.82 Å². The lowest BCUT2D eigenvalue weighted by Crippen LogP contribution is -2.20. The van der Waals surface area contributed by atoms with Crippen LogP contribution >= 0.6 is 0 Å². The first kappa shape index (κ1) is 14.6. The van der Waals surface area contributed by atoms with Crippen molar-refractivity contribution in [1.82, 2.24) is 9.78 Å². The number of aromatic nitrogens is 2. The zero-order valence-electron chi connectivity index (χ0n) is 13.4. The van der Waals surface area contributed by atoms with Gasteiger partial charge in [0.2, 0.25) is 0 Å². The monoisotopic (exact) mass is 313 g/mol. The predicted octanol–water partition coefficient (Wildman–Crippen LogP) is 3.07. The van der Waals surface area contributed by atoms with E-state index in [4.69, 9.17) is 4.42 Å². The second-order valence-corrected chi connectivity index (χ2v) is 6.67.